The maximum atomic E-state index is 12.1. The molecule has 0 aliphatic heterocycles. The molecule has 0 aliphatic rings. The van der Waals surface area contributed by atoms with Gasteiger partial charge in [0.15, 0.2) is 5.69 Å². The summed E-state index contributed by atoms with van der Waals surface area (Å²) in [5.41, 5.74) is 3.11. The van der Waals surface area contributed by atoms with E-state index in [0.717, 1.165) is 16.8 Å². The van der Waals surface area contributed by atoms with Gasteiger partial charge >= 0.3 is 0 Å². The zero-order valence-electron chi connectivity index (χ0n) is 13.1. The van der Waals surface area contributed by atoms with Gasteiger partial charge < -0.3 is 10.4 Å². The SMILES string of the molecule is O=C(NCCc1ccc(CO)cc1)c1cn(-c2ccccc2)nn1. The number of aromatic nitrogens is 3. The molecule has 0 bridgehead atoms. The van der Waals surface area contributed by atoms with Gasteiger partial charge in [0.2, 0.25) is 0 Å². The number of hydrogen-bond acceptors (Lipinski definition) is 4. The largest absolute Gasteiger partial charge is 0.392 e. The highest BCUT2D eigenvalue weighted by atomic mass is 16.3. The highest BCUT2D eigenvalue weighted by Crippen LogP contribution is 2.06. The van der Waals surface area contributed by atoms with Gasteiger partial charge in [-0.1, -0.05) is 47.7 Å². The molecule has 0 saturated heterocycles. The molecule has 1 amide bonds. The summed E-state index contributed by atoms with van der Waals surface area (Å²) in [5, 5.41) is 19.7. The summed E-state index contributed by atoms with van der Waals surface area (Å²) < 4.78 is 1.57. The van der Waals surface area contributed by atoms with Crippen LogP contribution in [0.3, 0.4) is 0 Å². The molecule has 1 aromatic heterocycles. The summed E-state index contributed by atoms with van der Waals surface area (Å²) >= 11 is 0. The van der Waals surface area contributed by atoms with Crippen LogP contribution in [0.15, 0.2) is 60.8 Å². The number of rotatable bonds is 6. The fraction of sp³-hybridized carbons (Fsp3) is 0.167. The maximum absolute atomic E-state index is 12.1. The third kappa shape index (κ3) is 3.85. The minimum Gasteiger partial charge on any atom is -0.392 e. The molecule has 6 nitrogen and oxygen atoms in total. The van der Waals surface area contributed by atoms with Gasteiger partial charge in [-0.3, -0.25) is 4.79 Å². The molecular formula is C18H18N4O2. The number of aliphatic hydroxyl groups is 1. The molecule has 0 atom stereocenters. The highest BCUT2D eigenvalue weighted by Gasteiger charge is 2.10. The van der Waals surface area contributed by atoms with E-state index >= 15 is 0 Å². The highest BCUT2D eigenvalue weighted by molar-refractivity contribution is 5.91. The van der Waals surface area contributed by atoms with Crippen molar-refractivity contribution < 1.29 is 9.90 Å². The minimum absolute atomic E-state index is 0.0358. The number of carbonyl (C=O) groups excluding carboxylic acids is 1. The first-order valence-electron chi connectivity index (χ1n) is 7.71. The van der Waals surface area contributed by atoms with Gasteiger partial charge in [-0.2, -0.15) is 0 Å². The Hall–Kier alpha value is -2.99. The Morgan fingerprint density at radius 3 is 2.46 bits per heavy atom. The molecule has 6 heteroatoms. The summed E-state index contributed by atoms with van der Waals surface area (Å²) in [6.07, 6.45) is 2.32. The van der Waals surface area contributed by atoms with E-state index in [1.54, 1.807) is 10.9 Å². The third-order valence-corrected chi connectivity index (χ3v) is 3.65. The van der Waals surface area contributed by atoms with Gasteiger partial charge in [0.25, 0.3) is 5.91 Å². The van der Waals surface area contributed by atoms with E-state index in [4.69, 9.17) is 5.11 Å². The van der Waals surface area contributed by atoms with E-state index < -0.39 is 0 Å². The smallest absolute Gasteiger partial charge is 0.273 e. The molecule has 3 rings (SSSR count). The monoisotopic (exact) mass is 322 g/mol. The number of carbonyl (C=O) groups is 1. The molecule has 0 unspecified atom stereocenters. The third-order valence-electron chi connectivity index (χ3n) is 3.65. The van der Waals surface area contributed by atoms with Crippen LogP contribution in [-0.2, 0) is 13.0 Å². The number of aliphatic hydroxyl groups excluding tert-OH is 1. The van der Waals surface area contributed by atoms with Crippen LogP contribution in [0.2, 0.25) is 0 Å². The Balaban J connectivity index is 1.54. The van der Waals surface area contributed by atoms with Crippen molar-refractivity contribution in [2.75, 3.05) is 6.54 Å². The second-order valence-electron chi connectivity index (χ2n) is 5.36. The van der Waals surface area contributed by atoms with Crippen molar-refractivity contribution in [3.8, 4) is 5.69 Å². The topological polar surface area (TPSA) is 80.0 Å². The average molecular weight is 322 g/mol. The number of para-hydroxylation sites is 1. The van der Waals surface area contributed by atoms with Crippen LogP contribution >= 0.6 is 0 Å². The molecule has 0 fully saturated rings. The van der Waals surface area contributed by atoms with Gasteiger partial charge in [-0.05, 0) is 29.7 Å². The number of benzene rings is 2. The first kappa shape index (κ1) is 15.9. The quantitative estimate of drug-likeness (QED) is 0.724. The van der Waals surface area contributed by atoms with Crippen molar-refractivity contribution in [3.05, 3.63) is 77.6 Å². The van der Waals surface area contributed by atoms with Crippen LogP contribution in [0.25, 0.3) is 5.69 Å². The molecule has 2 N–H and O–H groups in total. The Labute approximate surface area is 139 Å². The number of amides is 1. The maximum Gasteiger partial charge on any atom is 0.273 e. The van der Waals surface area contributed by atoms with Crippen molar-refractivity contribution >= 4 is 5.91 Å². The van der Waals surface area contributed by atoms with Crippen molar-refractivity contribution in [3.63, 3.8) is 0 Å². The molecule has 3 aromatic rings. The summed E-state index contributed by atoms with van der Waals surface area (Å²) in [5.74, 6) is -0.246. The van der Waals surface area contributed by atoms with Crippen molar-refractivity contribution in [2.45, 2.75) is 13.0 Å². The second kappa shape index (κ2) is 7.52. The lowest BCUT2D eigenvalue weighted by atomic mass is 10.1. The van der Waals surface area contributed by atoms with Crippen LogP contribution in [0, 0.1) is 0 Å². The van der Waals surface area contributed by atoms with Crippen LogP contribution in [-0.4, -0.2) is 32.6 Å². The lowest BCUT2D eigenvalue weighted by Gasteiger charge is -2.04. The summed E-state index contributed by atoms with van der Waals surface area (Å²) in [7, 11) is 0. The molecule has 1 heterocycles. The molecule has 2 aromatic carbocycles. The average Bonchev–Trinajstić information content (AvgIpc) is 3.13. The Kier molecular flexibility index (Phi) is 4.98. The lowest BCUT2D eigenvalue weighted by Crippen LogP contribution is -2.26. The van der Waals surface area contributed by atoms with Gasteiger partial charge in [-0.25, -0.2) is 4.68 Å². The fourth-order valence-electron chi connectivity index (χ4n) is 2.30. The van der Waals surface area contributed by atoms with Gasteiger partial charge in [0, 0.05) is 6.54 Å². The van der Waals surface area contributed by atoms with E-state index in [-0.39, 0.29) is 18.2 Å². The zero-order chi connectivity index (χ0) is 16.8. The van der Waals surface area contributed by atoms with Gasteiger partial charge in [0.1, 0.15) is 0 Å². The Morgan fingerprint density at radius 1 is 1.04 bits per heavy atom. The lowest BCUT2D eigenvalue weighted by molar-refractivity contribution is 0.0949. The molecule has 24 heavy (non-hydrogen) atoms. The first-order valence-corrected chi connectivity index (χ1v) is 7.71. The standard InChI is InChI=1S/C18H18N4O2/c23-13-15-8-6-14(7-9-15)10-11-19-18(24)17-12-22(21-20-17)16-4-2-1-3-5-16/h1-9,12,23H,10-11,13H2,(H,19,24). The zero-order valence-corrected chi connectivity index (χ0v) is 13.1. The minimum atomic E-state index is -0.246. The Bertz CT molecular complexity index is 797. The summed E-state index contributed by atoms with van der Waals surface area (Å²) in [6.45, 7) is 0.545. The normalized spacial score (nSPS) is 10.5. The van der Waals surface area contributed by atoms with E-state index in [1.807, 2.05) is 54.6 Å². The van der Waals surface area contributed by atoms with Crippen LogP contribution < -0.4 is 5.32 Å². The number of nitrogens with zero attached hydrogens (tertiary/aromatic N) is 3. The summed E-state index contributed by atoms with van der Waals surface area (Å²) in [6, 6.07) is 17.2. The van der Waals surface area contributed by atoms with Crippen molar-refractivity contribution in [2.24, 2.45) is 0 Å². The molecule has 122 valence electrons. The molecular weight excluding hydrogens is 304 g/mol. The van der Waals surface area contributed by atoms with Crippen LogP contribution in [0.4, 0.5) is 0 Å². The van der Waals surface area contributed by atoms with E-state index in [0.29, 0.717) is 13.0 Å². The number of hydrogen-bond donors (Lipinski definition) is 2. The second-order valence-corrected chi connectivity index (χ2v) is 5.36. The van der Waals surface area contributed by atoms with Crippen LogP contribution in [0.5, 0.6) is 0 Å². The fourth-order valence-corrected chi connectivity index (χ4v) is 2.30. The van der Waals surface area contributed by atoms with Crippen LogP contribution in [0.1, 0.15) is 21.6 Å². The molecule has 0 radical (unpaired) electrons. The molecule has 0 aliphatic carbocycles. The predicted octanol–water partition coefficient (Wildman–Crippen LogP) is 1.73. The summed E-state index contributed by atoms with van der Waals surface area (Å²) in [4.78, 5) is 12.1. The molecule has 0 saturated carbocycles. The Morgan fingerprint density at radius 2 is 1.75 bits per heavy atom. The number of nitrogens with one attached hydrogen (secondary N) is 1. The van der Waals surface area contributed by atoms with E-state index in [1.165, 1.54) is 0 Å². The van der Waals surface area contributed by atoms with E-state index in [9.17, 15) is 4.79 Å². The molecule has 0 spiro atoms. The van der Waals surface area contributed by atoms with Gasteiger partial charge in [0.05, 0.1) is 18.5 Å². The van der Waals surface area contributed by atoms with Crippen molar-refractivity contribution in [1.82, 2.24) is 20.3 Å². The predicted molar refractivity (Wildman–Crippen MR) is 89.8 cm³/mol. The van der Waals surface area contributed by atoms with Crippen molar-refractivity contribution in [1.29, 1.82) is 0 Å². The van der Waals surface area contributed by atoms with E-state index in [2.05, 4.69) is 15.6 Å². The first-order chi connectivity index (χ1) is 11.8. The van der Waals surface area contributed by atoms with Gasteiger partial charge in [-0.15, -0.1) is 5.10 Å².